The van der Waals surface area contributed by atoms with Crippen LogP contribution in [0.1, 0.15) is 15.9 Å². The molecule has 0 radical (unpaired) electrons. The van der Waals surface area contributed by atoms with Crippen molar-refractivity contribution in [2.24, 2.45) is 0 Å². The predicted molar refractivity (Wildman–Crippen MR) is 106 cm³/mol. The Morgan fingerprint density at radius 1 is 0.885 bits per heavy atom. The molecule has 3 N–H and O–H groups in total. The fraction of sp³-hybridized carbons (Fsp3) is 0.143. The van der Waals surface area contributed by atoms with E-state index in [4.69, 9.17) is 0 Å². The van der Waals surface area contributed by atoms with E-state index in [0.717, 1.165) is 27.7 Å². The largest absolute Gasteiger partial charge is 0.376 e. The molecule has 0 spiro atoms. The summed E-state index contributed by atoms with van der Waals surface area (Å²) in [6.45, 7) is 1.97. The summed E-state index contributed by atoms with van der Waals surface area (Å²) in [7, 11) is 1.60. The van der Waals surface area contributed by atoms with Gasteiger partial charge in [-0.25, -0.2) is 0 Å². The lowest BCUT2D eigenvalue weighted by atomic mass is 10.1. The van der Waals surface area contributed by atoms with E-state index in [-0.39, 0.29) is 18.4 Å². The van der Waals surface area contributed by atoms with Crippen LogP contribution in [0, 0.1) is 6.92 Å². The summed E-state index contributed by atoms with van der Waals surface area (Å²) in [5, 5.41) is 10.7. The quantitative estimate of drug-likeness (QED) is 0.661. The maximum Gasteiger partial charge on any atom is 0.251 e. The van der Waals surface area contributed by atoms with Crippen molar-refractivity contribution < 1.29 is 9.59 Å². The summed E-state index contributed by atoms with van der Waals surface area (Å²) in [4.78, 5) is 24.2. The van der Waals surface area contributed by atoms with Gasteiger partial charge in [-0.05, 0) is 36.1 Å². The number of rotatable bonds is 5. The molecule has 0 aliphatic carbocycles. The maximum atomic E-state index is 12.4. The highest BCUT2D eigenvalue weighted by Crippen LogP contribution is 2.23. The highest BCUT2D eigenvalue weighted by atomic mass is 16.2. The van der Waals surface area contributed by atoms with Crippen LogP contribution in [0.5, 0.6) is 0 Å². The van der Waals surface area contributed by atoms with Crippen LogP contribution in [-0.2, 0) is 4.79 Å². The number of hydrogen-bond donors (Lipinski definition) is 3. The number of carbonyl (C=O) groups is 2. The standard InChI is InChI=1S/C21H21N3O2/c1-14-16(21(26)22-2)10-6-11-18(14)23-13-20(25)24-19-12-5-8-15-7-3-4-9-17(15)19/h3-12,23H,13H2,1-2H3,(H,22,26)(H,24,25). The topological polar surface area (TPSA) is 70.2 Å². The molecule has 0 atom stereocenters. The van der Waals surface area contributed by atoms with E-state index < -0.39 is 0 Å². The zero-order chi connectivity index (χ0) is 18.5. The third kappa shape index (κ3) is 3.67. The molecule has 132 valence electrons. The third-order valence-electron chi connectivity index (χ3n) is 4.31. The minimum absolute atomic E-state index is 0.112. The van der Waals surface area contributed by atoms with Gasteiger partial charge in [-0.15, -0.1) is 0 Å². The Morgan fingerprint density at radius 2 is 1.58 bits per heavy atom. The first-order chi connectivity index (χ1) is 12.6. The summed E-state index contributed by atoms with van der Waals surface area (Å²) in [5.41, 5.74) is 2.95. The molecule has 0 heterocycles. The average Bonchev–Trinajstić information content (AvgIpc) is 2.67. The number of fused-ring (bicyclic) bond motifs is 1. The Hall–Kier alpha value is -3.34. The number of anilines is 2. The monoisotopic (exact) mass is 347 g/mol. The summed E-state index contributed by atoms with van der Waals surface area (Å²) >= 11 is 0. The van der Waals surface area contributed by atoms with Gasteiger partial charge in [0.15, 0.2) is 0 Å². The van der Waals surface area contributed by atoms with E-state index in [0.29, 0.717) is 5.56 Å². The molecule has 0 bridgehead atoms. The number of benzene rings is 3. The summed E-state index contributed by atoms with van der Waals surface area (Å²) in [6, 6.07) is 19.1. The number of amides is 2. The average molecular weight is 347 g/mol. The van der Waals surface area contributed by atoms with Crippen LogP contribution in [0.3, 0.4) is 0 Å². The van der Waals surface area contributed by atoms with E-state index in [1.54, 1.807) is 19.2 Å². The van der Waals surface area contributed by atoms with E-state index >= 15 is 0 Å². The van der Waals surface area contributed by atoms with Gasteiger partial charge in [0.25, 0.3) is 5.91 Å². The molecular weight excluding hydrogens is 326 g/mol. The smallest absolute Gasteiger partial charge is 0.251 e. The Morgan fingerprint density at radius 3 is 2.38 bits per heavy atom. The Bertz CT molecular complexity index is 961. The van der Waals surface area contributed by atoms with Crippen LogP contribution in [0.25, 0.3) is 10.8 Å². The van der Waals surface area contributed by atoms with Crippen molar-refractivity contribution in [1.82, 2.24) is 5.32 Å². The summed E-state index contributed by atoms with van der Waals surface area (Å²) in [6.07, 6.45) is 0. The van der Waals surface area contributed by atoms with Crippen molar-refractivity contribution in [1.29, 1.82) is 0 Å². The van der Waals surface area contributed by atoms with Crippen molar-refractivity contribution in [3.05, 3.63) is 71.8 Å². The highest BCUT2D eigenvalue weighted by Gasteiger charge is 2.11. The number of carbonyl (C=O) groups excluding carboxylic acids is 2. The van der Waals surface area contributed by atoms with Crippen molar-refractivity contribution in [3.63, 3.8) is 0 Å². The molecule has 26 heavy (non-hydrogen) atoms. The molecule has 0 unspecified atom stereocenters. The fourth-order valence-corrected chi connectivity index (χ4v) is 2.91. The lowest BCUT2D eigenvalue weighted by Gasteiger charge is -2.13. The molecule has 0 aliphatic heterocycles. The molecule has 0 aromatic heterocycles. The van der Waals surface area contributed by atoms with Gasteiger partial charge in [0.05, 0.1) is 6.54 Å². The normalized spacial score (nSPS) is 10.4. The Labute approximate surface area is 152 Å². The van der Waals surface area contributed by atoms with E-state index in [1.807, 2.05) is 55.5 Å². The molecule has 3 rings (SSSR count). The minimum atomic E-state index is -0.147. The maximum absolute atomic E-state index is 12.4. The lowest BCUT2D eigenvalue weighted by molar-refractivity contribution is -0.114. The van der Waals surface area contributed by atoms with Crippen molar-refractivity contribution in [2.45, 2.75) is 6.92 Å². The first-order valence-corrected chi connectivity index (χ1v) is 8.43. The minimum Gasteiger partial charge on any atom is -0.376 e. The van der Waals surface area contributed by atoms with E-state index in [1.165, 1.54) is 0 Å². The molecule has 2 amide bonds. The number of nitrogens with one attached hydrogen (secondary N) is 3. The molecule has 5 nitrogen and oxygen atoms in total. The zero-order valence-corrected chi connectivity index (χ0v) is 14.8. The van der Waals surface area contributed by atoms with Gasteiger partial charge in [0.1, 0.15) is 0 Å². The zero-order valence-electron chi connectivity index (χ0n) is 14.8. The molecule has 0 fully saturated rings. The lowest BCUT2D eigenvalue weighted by Crippen LogP contribution is -2.23. The molecule has 5 heteroatoms. The van der Waals surface area contributed by atoms with Gasteiger partial charge in [0.2, 0.25) is 5.91 Å². The van der Waals surface area contributed by atoms with Crippen LogP contribution in [0.15, 0.2) is 60.7 Å². The molecule has 0 aliphatic rings. The van der Waals surface area contributed by atoms with Crippen molar-refractivity contribution in [3.8, 4) is 0 Å². The van der Waals surface area contributed by atoms with Gasteiger partial charge in [-0.2, -0.15) is 0 Å². The Kier molecular flexibility index (Phi) is 5.17. The summed E-state index contributed by atoms with van der Waals surface area (Å²) < 4.78 is 0. The molecule has 3 aromatic carbocycles. The van der Waals surface area contributed by atoms with Gasteiger partial charge >= 0.3 is 0 Å². The first-order valence-electron chi connectivity index (χ1n) is 8.43. The fourth-order valence-electron chi connectivity index (χ4n) is 2.91. The second-order valence-electron chi connectivity index (χ2n) is 5.99. The van der Waals surface area contributed by atoms with Crippen LogP contribution >= 0.6 is 0 Å². The first kappa shape index (κ1) is 17.5. The second-order valence-corrected chi connectivity index (χ2v) is 5.99. The molecular formula is C21H21N3O2. The van der Waals surface area contributed by atoms with E-state index in [9.17, 15) is 9.59 Å². The molecule has 3 aromatic rings. The van der Waals surface area contributed by atoms with Crippen molar-refractivity contribution in [2.75, 3.05) is 24.2 Å². The Balaban J connectivity index is 1.71. The van der Waals surface area contributed by atoms with Crippen LogP contribution in [0.2, 0.25) is 0 Å². The second kappa shape index (κ2) is 7.70. The van der Waals surface area contributed by atoms with Crippen LogP contribution in [-0.4, -0.2) is 25.4 Å². The third-order valence-corrected chi connectivity index (χ3v) is 4.31. The van der Waals surface area contributed by atoms with Crippen LogP contribution in [0.4, 0.5) is 11.4 Å². The predicted octanol–water partition coefficient (Wildman–Crippen LogP) is 3.56. The van der Waals surface area contributed by atoms with Gasteiger partial charge in [0, 0.05) is 29.4 Å². The van der Waals surface area contributed by atoms with Gasteiger partial charge < -0.3 is 16.0 Å². The number of hydrogen-bond acceptors (Lipinski definition) is 3. The van der Waals surface area contributed by atoms with E-state index in [2.05, 4.69) is 16.0 Å². The molecule has 0 saturated carbocycles. The SMILES string of the molecule is CNC(=O)c1cccc(NCC(=O)Nc2cccc3ccccc23)c1C. The van der Waals surface area contributed by atoms with Gasteiger partial charge in [-0.3, -0.25) is 9.59 Å². The van der Waals surface area contributed by atoms with Crippen LogP contribution < -0.4 is 16.0 Å². The van der Waals surface area contributed by atoms with Crippen molar-refractivity contribution >= 4 is 34.0 Å². The summed E-state index contributed by atoms with van der Waals surface area (Å²) in [5.74, 6) is -0.294. The molecule has 0 saturated heterocycles. The highest BCUT2D eigenvalue weighted by molar-refractivity contribution is 6.03. The van der Waals surface area contributed by atoms with Gasteiger partial charge in [-0.1, -0.05) is 42.5 Å².